The van der Waals surface area contributed by atoms with Crippen molar-refractivity contribution < 1.29 is 9.32 Å². The largest absolute Gasteiger partial charge is 0.339 e. The lowest BCUT2D eigenvalue weighted by Crippen LogP contribution is -2.40. The molecule has 164 valence electrons. The van der Waals surface area contributed by atoms with Crippen molar-refractivity contribution in [2.24, 2.45) is 5.92 Å². The van der Waals surface area contributed by atoms with E-state index in [1.807, 2.05) is 72.1 Å². The van der Waals surface area contributed by atoms with E-state index in [1.54, 1.807) is 0 Å². The lowest BCUT2D eigenvalue weighted by molar-refractivity contribution is 0.0672. The molecule has 3 aromatic heterocycles. The number of amides is 1. The number of thiazole rings is 1. The predicted molar refractivity (Wildman–Crippen MR) is 123 cm³/mol. The van der Waals surface area contributed by atoms with Crippen LogP contribution in [0.2, 0.25) is 0 Å². The van der Waals surface area contributed by atoms with Crippen LogP contribution in [0.3, 0.4) is 0 Å². The summed E-state index contributed by atoms with van der Waals surface area (Å²) in [6.45, 7) is 5.41. The highest BCUT2D eigenvalue weighted by Gasteiger charge is 2.28. The Morgan fingerprint density at radius 3 is 2.78 bits per heavy atom. The Kier molecular flexibility index (Phi) is 5.61. The Labute approximate surface area is 190 Å². The van der Waals surface area contributed by atoms with Crippen LogP contribution >= 0.6 is 11.3 Å². The van der Waals surface area contributed by atoms with Gasteiger partial charge < -0.3 is 14.0 Å². The maximum absolute atomic E-state index is 13.3. The van der Waals surface area contributed by atoms with Gasteiger partial charge in [-0.15, -0.1) is 0 Å². The van der Waals surface area contributed by atoms with Crippen LogP contribution in [0, 0.1) is 19.8 Å². The first kappa shape index (κ1) is 20.6. The number of piperidine rings is 1. The lowest BCUT2D eigenvalue weighted by Gasteiger charge is -2.32. The molecule has 0 unspecified atom stereocenters. The molecule has 1 saturated heterocycles. The molecular formula is C24H25N5O2S. The summed E-state index contributed by atoms with van der Waals surface area (Å²) >= 11 is 1.45. The molecule has 0 bridgehead atoms. The van der Waals surface area contributed by atoms with Gasteiger partial charge in [0.05, 0.1) is 5.69 Å². The summed E-state index contributed by atoms with van der Waals surface area (Å²) in [6.07, 6.45) is 6.58. The third-order valence-corrected chi connectivity index (χ3v) is 7.09. The standard InChI is InChI=1S/C24H25N5O2S/c1-16-8-3-4-10-19(16)22-26-20(31-27-22)14-18-9-7-13-29(15-18)23(30)21-17(2)25-24(32-21)28-11-5-6-12-28/h3-6,8,10-12,18H,7,9,13-15H2,1-2H3/t18-/m1/s1. The fourth-order valence-corrected chi connectivity index (χ4v) is 5.23. The van der Waals surface area contributed by atoms with Crippen molar-refractivity contribution in [3.8, 4) is 16.5 Å². The Bertz CT molecular complexity index is 1230. The van der Waals surface area contributed by atoms with Gasteiger partial charge in [0.2, 0.25) is 11.7 Å². The monoisotopic (exact) mass is 447 g/mol. The average molecular weight is 448 g/mol. The lowest BCUT2D eigenvalue weighted by atomic mass is 9.94. The second kappa shape index (κ2) is 8.70. The summed E-state index contributed by atoms with van der Waals surface area (Å²) in [6, 6.07) is 11.9. The highest BCUT2D eigenvalue weighted by molar-refractivity contribution is 7.16. The van der Waals surface area contributed by atoms with Gasteiger partial charge in [0, 0.05) is 37.5 Å². The molecule has 0 saturated carbocycles. The second-order valence-electron chi connectivity index (χ2n) is 8.29. The fourth-order valence-electron chi connectivity index (χ4n) is 4.23. The van der Waals surface area contributed by atoms with E-state index < -0.39 is 0 Å². The molecule has 4 heterocycles. The maximum atomic E-state index is 13.3. The van der Waals surface area contributed by atoms with Crippen molar-refractivity contribution in [1.29, 1.82) is 0 Å². The molecule has 0 radical (unpaired) electrons. The van der Waals surface area contributed by atoms with Crippen LogP contribution in [0.5, 0.6) is 0 Å². The first-order valence-corrected chi connectivity index (χ1v) is 11.7. The van der Waals surface area contributed by atoms with E-state index in [2.05, 4.69) is 15.1 Å². The molecule has 7 nitrogen and oxygen atoms in total. The van der Waals surface area contributed by atoms with Gasteiger partial charge in [-0.1, -0.05) is 40.8 Å². The average Bonchev–Trinajstić information content (AvgIpc) is 3.55. The number of carbonyl (C=O) groups is 1. The van der Waals surface area contributed by atoms with E-state index in [1.165, 1.54) is 11.3 Å². The smallest absolute Gasteiger partial charge is 0.265 e. The topological polar surface area (TPSA) is 77.0 Å². The number of aryl methyl sites for hydroxylation is 2. The SMILES string of the molecule is Cc1ccccc1-c1noc(C[C@H]2CCCN(C(=O)c3sc(-n4cccc4)nc3C)C2)n1. The molecule has 1 aliphatic rings. The van der Waals surface area contributed by atoms with Gasteiger partial charge in [0.15, 0.2) is 5.13 Å². The van der Waals surface area contributed by atoms with Crippen LogP contribution in [0.25, 0.3) is 16.5 Å². The minimum absolute atomic E-state index is 0.0641. The molecule has 5 rings (SSSR count). The number of likely N-dealkylation sites (tertiary alicyclic amines) is 1. The van der Waals surface area contributed by atoms with Gasteiger partial charge >= 0.3 is 0 Å². The summed E-state index contributed by atoms with van der Waals surface area (Å²) in [4.78, 5) is 25.1. The molecule has 0 N–H and O–H groups in total. The zero-order valence-corrected chi connectivity index (χ0v) is 19.0. The molecule has 1 fully saturated rings. The highest BCUT2D eigenvalue weighted by Crippen LogP contribution is 2.27. The fraction of sp³-hybridized carbons (Fsp3) is 0.333. The van der Waals surface area contributed by atoms with E-state index >= 15 is 0 Å². The normalized spacial score (nSPS) is 16.4. The Hall–Kier alpha value is -3.26. The summed E-state index contributed by atoms with van der Waals surface area (Å²) in [5, 5.41) is 5.00. The quantitative estimate of drug-likeness (QED) is 0.443. The van der Waals surface area contributed by atoms with E-state index in [4.69, 9.17) is 4.52 Å². The first-order chi connectivity index (χ1) is 15.6. The van der Waals surface area contributed by atoms with Gasteiger partial charge in [0.25, 0.3) is 5.91 Å². The Morgan fingerprint density at radius 2 is 1.97 bits per heavy atom. The maximum Gasteiger partial charge on any atom is 0.265 e. The van der Waals surface area contributed by atoms with E-state index in [-0.39, 0.29) is 5.91 Å². The molecule has 0 spiro atoms. The number of aromatic nitrogens is 4. The minimum atomic E-state index is 0.0641. The third-order valence-electron chi connectivity index (χ3n) is 5.93. The Morgan fingerprint density at radius 1 is 1.16 bits per heavy atom. The molecule has 1 aromatic carbocycles. The van der Waals surface area contributed by atoms with Crippen molar-refractivity contribution in [2.75, 3.05) is 13.1 Å². The first-order valence-electron chi connectivity index (χ1n) is 10.9. The number of benzene rings is 1. The number of rotatable bonds is 5. The highest BCUT2D eigenvalue weighted by atomic mass is 32.1. The summed E-state index contributed by atoms with van der Waals surface area (Å²) in [7, 11) is 0. The van der Waals surface area contributed by atoms with Gasteiger partial charge in [0.1, 0.15) is 4.88 Å². The molecule has 1 atom stereocenters. The molecule has 32 heavy (non-hydrogen) atoms. The second-order valence-corrected chi connectivity index (χ2v) is 9.27. The Balaban J connectivity index is 1.27. The van der Waals surface area contributed by atoms with Gasteiger partial charge in [-0.2, -0.15) is 4.98 Å². The predicted octanol–water partition coefficient (Wildman–Crippen LogP) is 4.70. The van der Waals surface area contributed by atoms with Crippen LogP contribution < -0.4 is 0 Å². The van der Waals surface area contributed by atoms with Crippen molar-refractivity contribution in [1.82, 2.24) is 24.6 Å². The molecule has 4 aromatic rings. The molecule has 8 heteroatoms. The van der Waals surface area contributed by atoms with Crippen LogP contribution in [0.1, 0.15) is 39.7 Å². The van der Waals surface area contributed by atoms with Crippen molar-refractivity contribution in [2.45, 2.75) is 33.1 Å². The number of hydrogen-bond donors (Lipinski definition) is 0. The van der Waals surface area contributed by atoms with Crippen molar-refractivity contribution in [3.05, 3.63) is 70.8 Å². The van der Waals surface area contributed by atoms with Crippen molar-refractivity contribution >= 4 is 17.2 Å². The summed E-state index contributed by atoms with van der Waals surface area (Å²) in [5.41, 5.74) is 2.89. The van der Waals surface area contributed by atoms with Gasteiger partial charge in [-0.05, 0) is 50.3 Å². The number of hydrogen-bond acceptors (Lipinski definition) is 6. The molecule has 1 amide bonds. The number of carbonyl (C=O) groups excluding carboxylic acids is 1. The molecular weight excluding hydrogens is 422 g/mol. The van der Waals surface area contributed by atoms with Gasteiger partial charge in [-0.3, -0.25) is 4.79 Å². The molecule has 1 aliphatic heterocycles. The summed E-state index contributed by atoms with van der Waals surface area (Å²) < 4.78 is 7.49. The zero-order chi connectivity index (χ0) is 22.1. The third kappa shape index (κ3) is 4.10. The zero-order valence-electron chi connectivity index (χ0n) is 18.2. The van der Waals surface area contributed by atoms with E-state index in [0.29, 0.717) is 35.5 Å². The van der Waals surface area contributed by atoms with Crippen molar-refractivity contribution in [3.63, 3.8) is 0 Å². The number of nitrogens with zero attached hydrogens (tertiary/aromatic N) is 5. The summed E-state index contributed by atoms with van der Waals surface area (Å²) in [5.74, 6) is 1.62. The van der Waals surface area contributed by atoms with Crippen LogP contribution in [0.4, 0.5) is 0 Å². The van der Waals surface area contributed by atoms with E-state index in [9.17, 15) is 4.79 Å². The van der Waals surface area contributed by atoms with Crippen LogP contribution in [-0.2, 0) is 6.42 Å². The molecule has 0 aliphatic carbocycles. The van der Waals surface area contributed by atoms with Crippen LogP contribution in [-0.4, -0.2) is 43.6 Å². The van der Waals surface area contributed by atoms with E-state index in [0.717, 1.165) is 41.3 Å². The van der Waals surface area contributed by atoms with Gasteiger partial charge in [-0.25, -0.2) is 4.98 Å². The van der Waals surface area contributed by atoms with Crippen LogP contribution in [0.15, 0.2) is 53.3 Å². The minimum Gasteiger partial charge on any atom is -0.339 e.